The standard InChI is InChI=1S/C27H26N2O4/c1-28-22-9-7-18(17-5-3-2-4-6-17)13-21(22)26-20(23(28)15-30)11-12-29(26)27(31)19-8-10-24-25(14-19)33-16-32-24/h2-10,13-14,20,23,26,30H,11-12,15-16H2,1H3/t20-,23-,26-/m1/s1. The van der Waals surface area contributed by atoms with Crippen molar-refractivity contribution in [2.24, 2.45) is 5.92 Å². The Morgan fingerprint density at radius 1 is 1.00 bits per heavy atom. The third-order valence-electron chi connectivity index (χ3n) is 7.34. The number of aliphatic hydroxyl groups is 1. The van der Waals surface area contributed by atoms with E-state index in [9.17, 15) is 9.90 Å². The highest BCUT2D eigenvalue weighted by molar-refractivity contribution is 5.95. The third kappa shape index (κ3) is 3.16. The Hall–Kier alpha value is -3.51. The SMILES string of the molecule is CN1c2ccc(-c3ccccc3)cc2[C@H]2[C@H](CCN2C(=O)c2ccc3c(c2)OCO3)[C@H]1CO. The van der Waals surface area contributed by atoms with E-state index in [0.717, 1.165) is 28.8 Å². The van der Waals surface area contributed by atoms with Gasteiger partial charge in [-0.2, -0.15) is 0 Å². The second-order valence-electron chi connectivity index (χ2n) is 8.96. The van der Waals surface area contributed by atoms with Crippen molar-refractivity contribution in [3.05, 3.63) is 77.9 Å². The fraction of sp³-hybridized carbons (Fsp3) is 0.296. The maximum absolute atomic E-state index is 13.7. The number of likely N-dealkylation sites (tertiary alicyclic amines) is 1. The van der Waals surface area contributed by atoms with Gasteiger partial charge in [-0.25, -0.2) is 0 Å². The van der Waals surface area contributed by atoms with Gasteiger partial charge in [-0.05, 0) is 53.4 Å². The van der Waals surface area contributed by atoms with Crippen LogP contribution in [0.1, 0.15) is 28.4 Å². The molecule has 3 heterocycles. The number of fused-ring (bicyclic) bond motifs is 4. The van der Waals surface area contributed by atoms with Crippen LogP contribution < -0.4 is 14.4 Å². The molecule has 0 spiro atoms. The molecule has 6 heteroatoms. The number of rotatable bonds is 3. The van der Waals surface area contributed by atoms with Gasteiger partial charge in [0, 0.05) is 30.8 Å². The molecule has 0 unspecified atom stereocenters. The van der Waals surface area contributed by atoms with E-state index in [1.807, 2.05) is 36.2 Å². The highest BCUT2D eigenvalue weighted by Crippen LogP contribution is 2.50. The molecule has 0 aromatic heterocycles. The minimum absolute atomic E-state index is 0.0156. The maximum atomic E-state index is 13.7. The van der Waals surface area contributed by atoms with Gasteiger partial charge in [0.05, 0.1) is 18.7 Å². The molecule has 0 bridgehead atoms. The van der Waals surface area contributed by atoms with Crippen molar-refractivity contribution in [2.75, 3.05) is 31.9 Å². The van der Waals surface area contributed by atoms with Crippen molar-refractivity contribution in [1.82, 2.24) is 4.90 Å². The first-order valence-electron chi connectivity index (χ1n) is 11.4. The van der Waals surface area contributed by atoms with E-state index in [1.54, 1.807) is 12.1 Å². The average molecular weight is 443 g/mol. The van der Waals surface area contributed by atoms with Crippen molar-refractivity contribution < 1.29 is 19.4 Å². The molecular formula is C27H26N2O4. The van der Waals surface area contributed by atoms with Gasteiger partial charge in [0.25, 0.3) is 5.91 Å². The van der Waals surface area contributed by atoms with Crippen molar-refractivity contribution in [2.45, 2.75) is 18.5 Å². The number of benzene rings is 3. The van der Waals surface area contributed by atoms with E-state index in [1.165, 1.54) is 0 Å². The van der Waals surface area contributed by atoms with E-state index in [4.69, 9.17) is 9.47 Å². The molecule has 3 aliphatic heterocycles. The molecule has 33 heavy (non-hydrogen) atoms. The summed E-state index contributed by atoms with van der Waals surface area (Å²) in [4.78, 5) is 17.9. The zero-order valence-electron chi connectivity index (χ0n) is 18.5. The topological polar surface area (TPSA) is 62.2 Å². The smallest absolute Gasteiger partial charge is 0.254 e. The van der Waals surface area contributed by atoms with Crippen LogP contribution in [0.15, 0.2) is 66.7 Å². The number of amides is 1. The molecular weight excluding hydrogens is 416 g/mol. The summed E-state index contributed by atoms with van der Waals surface area (Å²) in [6.45, 7) is 0.896. The predicted molar refractivity (Wildman–Crippen MR) is 126 cm³/mol. The average Bonchev–Trinajstić information content (AvgIpc) is 3.51. The number of hydrogen-bond donors (Lipinski definition) is 1. The van der Waals surface area contributed by atoms with Gasteiger partial charge in [0.1, 0.15) is 0 Å². The van der Waals surface area contributed by atoms with E-state index >= 15 is 0 Å². The molecule has 0 saturated carbocycles. The molecule has 1 fully saturated rings. The van der Waals surface area contributed by atoms with Crippen LogP contribution in [-0.4, -0.2) is 48.9 Å². The summed E-state index contributed by atoms with van der Waals surface area (Å²) in [7, 11) is 2.04. The molecule has 3 aromatic rings. The molecule has 3 aliphatic rings. The van der Waals surface area contributed by atoms with Gasteiger partial charge in [-0.1, -0.05) is 36.4 Å². The number of nitrogens with zero attached hydrogens (tertiary/aromatic N) is 2. The lowest BCUT2D eigenvalue weighted by Crippen LogP contribution is -2.48. The molecule has 3 aromatic carbocycles. The van der Waals surface area contributed by atoms with Gasteiger partial charge in [-0.15, -0.1) is 0 Å². The summed E-state index contributed by atoms with van der Waals surface area (Å²) >= 11 is 0. The summed E-state index contributed by atoms with van der Waals surface area (Å²) in [5.74, 6) is 1.43. The van der Waals surface area contributed by atoms with Crippen LogP contribution in [0, 0.1) is 5.92 Å². The van der Waals surface area contributed by atoms with E-state index in [0.29, 0.717) is 23.6 Å². The summed E-state index contributed by atoms with van der Waals surface area (Å²) in [6, 6.07) is 22.0. The lowest BCUT2D eigenvalue weighted by molar-refractivity contribution is 0.0693. The summed E-state index contributed by atoms with van der Waals surface area (Å²) in [5, 5.41) is 10.2. The van der Waals surface area contributed by atoms with Gasteiger partial charge in [0.2, 0.25) is 6.79 Å². The van der Waals surface area contributed by atoms with Crippen LogP contribution in [-0.2, 0) is 0 Å². The number of hydrogen-bond acceptors (Lipinski definition) is 5. The maximum Gasteiger partial charge on any atom is 0.254 e. The van der Waals surface area contributed by atoms with Crippen molar-refractivity contribution in [3.8, 4) is 22.6 Å². The van der Waals surface area contributed by atoms with Gasteiger partial charge < -0.3 is 24.4 Å². The van der Waals surface area contributed by atoms with Crippen LogP contribution in [0.4, 0.5) is 5.69 Å². The second-order valence-corrected chi connectivity index (χ2v) is 8.96. The van der Waals surface area contributed by atoms with Crippen molar-refractivity contribution in [1.29, 1.82) is 0 Å². The second kappa shape index (κ2) is 7.81. The number of carbonyl (C=O) groups excluding carboxylic acids is 1. The fourth-order valence-electron chi connectivity index (χ4n) is 5.69. The summed E-state index contributed by atoms with van der Waals surface area (Å²) < 4.78 is 10.9. The first-order valence-corrected chi connectivity index (χ1v) is 11.4. The molecule has 168 valence electrons. The number of ether oxygens (including phenoxy) is 2. The quantitative estimate of drug-likeness (QED) is 0.662. The Morgan fingerprint density at radius 2 is 1.82 bits per heavy atom. The lowest BCUT2D eigenvalue weighted by atomic mass is 9.81. The van der Waals surface area contributed by atoms with Gasteiger partial charge in [-0.3, -0.25) is 4.79 Å². The van der Waals surface area contributed by atoms with Crippen LogP contribution in [0.3, 0.4) is 0 Å². The molecule has 6 nitrogen and oxygen atoms in total. The molecule has 0 radical (unpaired) electrons. The fourth-order valence-corrected chi connectivity index (χ4v) is 5.69. The van der Waals surface area contributed by atoms with E-state index < -0.39 is 0 Å². The molecule has 3 atom stereocenters. The Balaban J connectivity index is 1.43. The Morgan fingerprint density at radius 3 is 2.64 bits per heavy atom. The van der Waals surface area contributed by atoms with Crippen LogP contribution in [0.2, 0.25) is 0 Å². The normalized spacial score (nSPS) is 22.8. The Bertz CT molecular complexity index is 1210. The number of anilines is 1. The largest absolute Gasteiger partial charge is 0.454 e. The van der Waals surface area contributed by atoms with Crippen LogP contribution in [0.5, 0.6) is 11.5 Å². The van der Waals surface area contributed by atoms with Crippen LogP contribution >= 0.6 is 0 Å². The third-order valence-corrected chi connectivity index (χ3v) is 7.34. The molecule has 1 N–H and O–H groups in total. The zero-order valence-corrected chi connectivity index (χ0v) is 18.5. The monoisotopic (exact) mass is 442 g/mol. The Labute approximate surface area is 193 Å². The molecule has 0 aliphatic carbocycles. The van der Waals surface area contributed by atoms with Crippen molar-refractivity contribution in [3.63, 3.8) is 0 Å². The first kappa shape index (κ1) is 20.1. The summed E-state index contributed by atoms with van der Waals surface area (Å²) in [6.07, 6.45) is 0.853. The minimum atomic E-state index is -0.0880. The van der Waals surface area contributed by atoms with Crippen molar-refractivity contribution >= 4 is 11.6 Å². The first-order chi connectivity index (χ1) is 16.2. The highest BCUT2D eigenvalue weighted by atomic mass is 16.7. The predicted octanol–water partition coefficient (Wildman–Crippen LogP) is 4.10. The van der Waals surface area contributed by atoms with Gasteiger partial charge in [0.15, 0.2) is 11.5 Å². The molecule has 1 saturated heterocycles. The number of aliphatic hydroxyl groups excluding tert-OH is 1. The van der Waals surface area contributed by atoms with Crippen LogP contribution in [0.25, 0.3) is 11.1 Å². The minimum Gasteiger partial charge on any atom is -0.454 e. The molecule has 6 rings (SSSR count). The van der Waals surface area contributed by atoms with E-state index in [2.05, 4.69) is 35.2 Å². The number of likely N-dealkylation sites (N-methyl/N-ethyl adjacent to an activating group) is 1. The number of carbonyl (C=O) groups is 1. The van der Waals surface area contributed by atoms with Gasteiger partial charge >= 0.3 is 0 Å². The zero-order chi connectivity index (χ0) is 22.5. The van der Waals surface area contributed by atoms with E-state index in [-0.39, 0.29) is 37.3 Å². The lowest BCUT2D eigenvalue weighted by Gasteiger charge is -2.44. The Kier molecular flexibility index (Phi) is 4.76. The highest BCUT2D eigenvalue weighted by Gasteiger charge is 2.47. The summed E-state index contributed by atoms with van der Waals surface area (Å²) in [5.41, 5.74) is 5.09. The molecule has 1 amide bonds.